The molecule has 0 radical (unpaired) electrons. The smallest absolute Gasteiger partial charge is 0.178 e. The van der Waals surface area contributed by atoms with Crippen molar-refractivity contribution in [3.63, 3.8) is 0 Å². The summed E-state index contributed by atoms with van der Waals surface area (Å²) in [7, 11) is 1.52. The van der Waals surface area contributed by atoms with Crippen LogP contribution in [-0.4, -0.2) is 35.8 Å². The third kappa shape index (κ3) is 3.23. The zero-order chi connectivity index (χ0) is 20.7. The summed E-state index contributed by atoms with van der Waals surface area (Å²) in [6.07, 6.45) is 1.97. The van der Waals surface area contributed by atoms with E-state index in [9.17, 15) is 15.0 Å². The number of ether oxygens (including phenoxy) is 3. The van der Waals surface area contributed by atoms with Crippen LogP contribution in [0.4, 0.5) is 0 Å². The third-order valence-electron chi connectivity index (χ3n) is 5.46. The van der Waals surface area contributed by atoms with Gasteiger partial charge in [-0.3, -0.25) is 4.79 Å². The van der Waals surface area contributed by atoms with Crippen molar-refractivity contribution in [3.05, 3.63) is 58.2 Å². The van der Waals surface area contributed by atoms with Gasteiger partial charge in [0.25, 0.3) is 0 Å². The van der Waals surface area contributed by atoms with Crippen LogP contribution >= 0.6 is 0 Å². The number of hydrogen-bond donors (Lipinski definition) is 2. The molecular weight excluding hydrogens is 372 g/mol. The molecule has 2 heterocycles. The number of rotatable bonds is 4. The van der Waals surface area contributed by atoms with E-state index in [2.05, 4.69) is 0 Å². The van der Waals surface area contributed by atoms with E-state index in [1.165, 1.54) is 7.11 Å². The number of phenols is 1. The molecule has 0 fully saturated rings. The summed E-state index contributed by atoms with van der Waals surface area (Å²) in [6.45, 7) is 3.98. The van der Waals surface area contributed by atoms with Crippen molar-refractivity contribution in [3.8, 4) is 23.0 Å². The Bertz CT molecular complexity index is 1000. The normalized spacial score (nSPS) is 19.2. The lowest BCUT2D eigenvalue weighted by atomic mass is 9.81. The van der Waals surface area contributed by atoms with Crippen molar-refractivity contribution in [1.82, 2.24) is 0 Å². The van der Waals surface area contributed by atoms with Crippen molar-refractivity contribution < 1.29 is 29.2 Å². The van der Waals surface area contributed by atoms with Gasteiger partial charge in [-0.15, -0.1) is 0 Å². The molecule has 2 N–H and O–H groups in total. The minimum atomic E-state index is -0.534. The second kappa shape index (κ2) is 7.44. The zero-order valence-electron chi connectivity index (χ0n) is 16.7. The number of aromatic hydroxyl groups is 1. The van der Waals surface area contributed by atoms with Gasteiger partial charge in [0.1, 0.15) is 35.7 Å². The summed E-state index contributed by atoms with van der Waals surface area (Å²) >= 11 is 0. The third-order valence-corrected chi connectivity index (χ3v) is 5.46. The Morgan fingerprint density at radius 2 is 2.10 bits per heavy atom. The fraction of sp³-hybridized carbons (Fsp3) is 0.348. The van der Waals surface area contributed by atoms with Gasteiger partial charge in [-0.25, -0.2) is 0 Å². The van der Waals surface area contributed by atoms with Gasteiger partial charge in [-0.2, -0.15) is 0 Å². The summed E-state index contributed by atoms with van der Waals surface area (Å²) in [4.78, 5) is 13.4. The molecule has 2 aliphatic heterocycles. The molecule has 2 aliphatic rings. The molecule has 152 valence electrons. The number of allylic oxidation sites excluding steroid dienone is 2. The minimum absolute atomic E-state index is 0.0712. The van der Waals surface area contributed by atoms with Crippen molar-refractivity contribution in [2.75, 3.05) is 13.7 Å². The molecule has 0 amide bonds. The Balaban J connectivity index is 1.80. The second-order valence-corrected chi connectivity index (χ2v) is 7.59. The average Bonchev–Trinajstić information content (AvgIpc) is 2.71. The van der Waals surface area contributed by atoms with Gasteiger partial charge in [0.2, 0.25) is 0 Å². The molecule has 2 aromatic carbocycles. The molecule has 6 heteroatoms. The molecular formula is C23H24O6. The molecule has 0 spiro atoms. The number of aliphatic hydroxyl groups is 1. The quantitative estimate of drug-likeness (QED) is 0.769. The number of hydrogen-bond acceptors (Lipinski definition) is 6. The van der Waals surface area contributed by atoms with Crippen LogP contribution in [0.25, 0.3) is 0 Å². The van der Waals surface area contributed by atoms with E-state index < -0.39 is 12.0 Å². The summed E-state index contributed by atoms with van der Waals surface area (Å²) in [5, 5.41) is 19.9. The Hall–Kier alpha value is -2.99. The largest absolute Gasteiger partial charge is 0.508 e. The number of methoxy groups -OCH3 is 1. The maximum atomic E-state index is 13.4. The average molecular weight is 396 g/mol. The first-order valence-corrected chi connectivity index (χ1v) is 9.58. The van der Waals surface area contributed by atoms with Gasteiger partial charge in [0, 0.05) is 16.7 Å². The van der Waals surface area contributed by atoms with Crippen LogP contribution in [0, 0.1) is 0 Å². The molecule has 2 atom stereocenters. The Labute approximate surface area is 169 Å². The predicted octanol–water partition coefficient (Wildman–Crippen LogP) is 3.52. The van der Waals surface area contributed by atoms with Crippen LogP contribution in [-0.2, 0) is 13.0 Å². The molecule has 0 saturated carbocycles. The highest BCUT2D eigenvalue weighted by Gasteiger charge is 2.44. The first-order chi connectivity index (χ1) is 13.9. The molecule has 0 saturated heterocycles. The highest BCUT2D eigenvalue weighted by molar-refractivity contribution is 6.05. The van der Waals surface area contributed by atoms with E-state index in [1.807, 2.05) is 19.9 Å². The van der Waals surface area contributed by atoms with E-state index in [0.29, 0.717) is 45.9 Å². The number of ketones is 1. The number of benzene rings is 2. The van der Waals surface area contributed by atoms with Crippen molar-refractivity contribution in [2.24, 2.45) is 0 Å². The molecule has 0 bridgehead atoms. The topological polar surface area (TPSA) is 85.2 Å². The number of carbonyl (C=O) groups is 1. The summed E-state index contributed by atoms with van der Waals surface area (Å²) in [5.74, 6) is 0.995. The van der Waals surface area contributed by atoms with Gasteiger partial charge in [0.05, 0.1) is 25.2 Å². The summed E-state index contributed by atoms with van der Waals surface area (Å²) in [5.41, 5.74) is 3.46. The van der Waals surface area contributed by atoms with E-state index in [1.54, 1.807) is 24.3 Å². The lowest BCUT2D eigenvalue weighted by Gasteiger charge is -2.38. The first kappa shape index (κ1) is 19.3. The molecule has 2 aromatic rings. The fourth-order valence-corrected chi connectivity index (χ4v) is 3.95. The molecule has 0 unspecified atom stereocenters. The minimum Gasteiger partial charge on any atom is -0.508 e. The van der Waals surface area contributed by atoms with Crippen LogP contribution in [0.5, 0.6) is 23.0 Å². The number of fused-ring (bicyclic) bond motifs is 4. The molecule has 29 heavy (non-hydrogen) atoms. The summed E-state index contributed by atoms with van der Waals surface area (Å²) in [6, 6.07) is 6.62. The summed E-state index contributed by atoms with van der Waals surface area (Å²) < 4.78 is 17.4. The zero-order valence-corrected chi connectivity index (χ0v) is 16.7. The Morgan fingerprint density at radius 1 is 1.31 bits per heavy atom. The maximum absolute atomic E-state index is 13.4. The van der Waals surface area contributed by atoms with Crippen LogP contribution < -0.4 is 14.2 Å². The van der Waals surface area contributed by atoms with Gasteiger partial charge < -0.3 is 24.4 Å². The first-order valence-electron chi connectivity index (χ1n) is 9.58. The number of carbonyl (C=O) groups excluding carboxylic acids is 1. The van der Waals surface area contributed by atoms with E-state index >= 15 is 0 Å². The van der Waals surface area contributed by atoms with Gasteiger partial charge in [0.15, 0.2) is 5.78 Å². The number of aliphatic hydroxyl groups excluding tert-OH is 1. The van der Waals surface area contributed by atoms with Gasteiger partial charge >= 0.3 is 0 Å². The Morgan fingerprint density at radius 3 is 2.79 bits per heavy atom. The van der Waals surface area contributed by atoms with E-state index in [-0.39, 0.29) is 24.7 Å². The lowest BCUT2D eigenvalue weighted by molar-refractivity contribution is 0.0553. The Kier molecular flexibility index (Phi) is 4.96. The van der Waals surface area contributed by atoms with Gasteiger partial charge in [-0.1, -0.05) is 11.6 Å². The highest BCUT2D eigenvalue weighted by Crippen LogP contribution is 2.47. The lowest BCUT2D eigenvalue weighted by Crippen LogP contribution is -2.43. The predicted molar refractivity (Wildman–Crippen MR) is 107 cm³/mol. The van der Waals surface area contributed by atoms with E-state index in [0.717, 1.165) is 5.57 Å². The van der Waals surface area contributed by atoms with Gasteiger partial charge in [-0.05, 0) is 44.5 Å². The second-order valence-electron chi connectivity index (χ2n) is 7.59. The van der Waals surface area contributed by atoms with Crippen molar-refractivity contribution >= 4 is 5.78 Å². The molecule has 0 aliphatic carbocycles. The molecule has 4 rings (SSSR count). The van der Waals surface area contributed by atoms with Crippen LogP contribution in [0.2, 0.25) is 0 Å². The van der Waals surface area contributed by atoms with Crippen LogP contribution in [0.15, 0.2) is 35.9 Å². The van der Waals surface area contributed by atoms with E-state index in [4.69, 9.17) is 14.2 Å². The molecule has 0 aromatic heterocycles. The molecule has 6 nitrogen and oxygen atoms in total. The van der Waals surface area contributed by atoms with Crippen LogP contribution in [0.3, 0.4) is 0 Å². The number of Topliss-reactive ketones (excluding diaryl/α,β-unsaturated/α-hetero) is 1. The van der Waals surface area contributed by atoms with Crippen molar-refractivity contribution in [1.29, 1.82) is 0 Å². The van der Waals surface area contributed by atoms with Crippen molar-refractivity contribution in [2.45, 2.75) is 38.9 Å². The SMILES string of the molecule is COc1cc2c(cc1CO)OC[C@H]1Oc3c(ccc(O)c3CC=C(C)C)C(=O)[C@@H]21. The highest BCUT2D eigenvalue weighted by atomic mass is 16.5. The van der Waals surface area contributed by atoms with Crippen LogP contribution in [0.1, 0.15) is 46.8 Å². The fourth-order valence-electron chi connectivity index (χ4n) is 3.95. The standard InChI is InChI=1S/C23H24O6/c1-12(2)4-5-14-17(25)7-6-15-22(26)21-16-9-18(27-3)13(10-24)8-19(16)28-11-20(21)29-23(14)15/h4,6-9,20-21,24-25H,5,10-11H2,1-3H3/t20-,21+/m1/s1. The number of phenolic OH excluding ortho intramolecular Hbond substituents is 1. The maximum Gasteiger partial charge on any atom is 0.178 e. The monoisotopic (exact) mass is 396 g/mol.